The van der Waals surface area contributed by atoms with E-state index in [2.05, 4.69) is 13.8 Å². The maximum atomic E-state index is 11.7. The predicted molar refractivity (Wildman–Crippen MR) is 125 cm³/mol. The molecule has 1 atom stereocenters. The molecule has 174 valence electrons. The molecule has 1 unspecified atom stereocenters. The van der Waals surface area contributed by atoms with E-state index in [-0.39, 0.29) is 5.97 Å². The van der Waals surface area contributed by atoms with Crippen molar-refractivity contribution < 1.29 is 14.3 Å². The molecule has 3 nitrogen and oxygen atoms in total. The van der Waals surface area contributed by atoms with Gasteiger partial charge in [-0.25, -0.2) is 0 Å². The maximum absolute atomic E-state index is 11.7. The van der Waals surface area contributed by atoms with Crippen LogP contribution in [-0.2, 0) is 14.3 Å². The summed E-state index contributed by atoms with van der Waals surface area (Å²) in [5, 5.41) is 0. The van der Waals surface area contributed by atoms with Crippen molar-refractivity contribution in [2.45, 2.75) is 148 Å². The van der Waals surface area contributed by atoms with Gasteiger partial charge in [-0.2, -0.15) is 0 Å². The van der Waals surface area contributed by atoms with Crippen molar-refractivity contribution in [3.05, 3.63) is 0 Å². The Hall–Kier alpha value is -0.570. The average Bonchev–Trinajstić information content (AvgIpc) is 2.73. The van der Waals surface area contributed by atoms with Gasteiger partial charge in [0.15, 0.2) is 0 Å². The molecule has 29 heavy (non-hydrogen) atoms. The van der Waals surface area contributed by atoms with E-state index >= 15 is 0 Å². The molecule has 0 rings (SSSR count). The highest BCUT2D eigenvalue weighted by molar-refractivity contribution is 5.69. The molecule has 0 bridgehead atoms. The van der Waals surface area contributed by atoms with Crippen molar-refractivity contribution in [2.24, 2.45) is 0 Å². The molecule has 0 aromatic rings. The fourth-order valence-corrected chi connectivity index (χ4v) is 3.84. The van der Waals surface area contributed by atoms with E-state index in [1.165, 1.54) is 103 Å². The first-order valence-electron chi connectivity index (χ1n) is 12.9. The van der Waals surface area contributed by atoms with Crippen LogP contribution in [0.5, 0.6) is 0 Å². The second-order valence-corrected chi connectivity index (χ2v) is 8.71. The summed E-state index contributed by atoms with van der Waals surface area (Å²) in [6, 6.07) is 0. The highest BCUT2D eigenvalue weighted by atomic mass is 16.5. The van der Waals surface area contributed by atoms with Crippen molar-refractivity contribution in [1.29, 1.82) is 0 Å². The second-order valence-electron chi connectivity index (χ2n) is 8.71. The molecule has 0 heterocycles. The van der Waals surface area contributed by atoms with Crippen molar-refractivity contribution in [3.8, 4) is 0 Å². The molecule has 0 aliphatic rings. The standard InChI is InChI=1S/C26H52O3/c1-4-6-8-10-13-17-21-25(28-3)22-18-14-12-15-19-23-26(27)29-24-20-16-11-9-7-5-2/h25H,4-24H2,1-3H3. The van der Waals surface area contributed by atoms with Crippen molar-refractivity contribution in [2.75, 3.05) is 13.7 Å². The summed E-state index contributed by atoms with van der Waals surface area (Å²) >= 11 is 0. The zero-order valence-corrected chi connectivity index (χ0v) is 20.2. The summed E-state index contributed by atoms with van der Waals surface area (Å²) in [7, 11) is 1.86. The van der Waals surface area contributed by atoms with Gasteiger partial charge >= 0.3 is 5.97 Å². The lowest BCUT2D eigenvalue weighted by Gasteiger charge is -2.15. The molecular formula is C26H52O3. The van der Waals surface area contributed by atoms with Crippen LogP contribution in [0.25, 0.3) is 0 Å². The Morgan fingerprint density at radius 2 is 1.07 bits per heavy atom. The van der Waals surface area contributed by atoms with Crippen molar-refractivity contribution >= 4 is 5.97 Å². The third kappa shape index (κ3) is 21.9. The number of esters is 1. The quantitative estimate of drug-likeness (QED) is 0.125. The summed E-state index contributed by atoms with van der Waals surface area (Å²) in [4.78, 5) is 11.7. The minimum atomic E-state index is -0.00283. The van der Waals surface area contributed by atoms with Crippen LogP contribution in [0.2, 0.25) is 0 Å². The molecule has 0 fully saturated rings. The van der Waals surface area contributed by atoms with Crippen molar-refractivity contribution in [1.82, 2.24) is 0 Å². The van der Waals surface area contributed by atoms with E-state index in [1.807, 2.05) is 7.11 Å². The smallest absolute Gasteiger partial charge is 0.305 e. The van der Waals surface area contributed by atoms with Crippen LogP contribution in [0.15, 0.2) is 0 Å². The fourth-order valence-electron chi connectivity index (χ4n) is 3.84. The Bertz CT molecular complexity index is 330. The Kier molecular flexibility index (Phi) is 23.2. The number of methoxy groups -OCH3 is 1. The monoisotopic (exact) mass is 412 g/mol. The van der Waals surface area contributed by atoms with Crippen LogP contribution in [0.1, 0.15) is 142 Å². The topological polar surface area (TPSA) is 35.5 Å². The van der Waals surface area contributed by atoms with Crippen LogP contribution < -0.4 is 0 Å². The number of rotatable bonds is 23. The van der Waals surface area contributed by atoms with E-state index in [4.69, 9.17) is 9.47 Å². The van der Waals surface area contributed by atoms with Gasteiger partial charge in [-0.3, -0.25) is 4.79 Å². The lowest BCUT2D eigenvalue weighted by molar-refractivity contribution is -0.143. The Morgan fingerprint density at radius 1 is 0.621 bits per heavy atom. The molecular weight excluding hydrogens is 360 g/mol. The summed E-state index contributed by atoms with van der Waals surface area (Å²) in [5.41, 5.74) is 0. The van der Waals surface area contributed by atoms with Gasteiger partial charge in [0, 0.05) is 13.5 Å². The lowest BCUT2D eigenvalue weighted by atomic mass is 10.0. The van der Waals surface area contributed by atoms with Gasteiger partial charge in [0.25, 0.3) is 0 Å². The number of carbonyl (C=O) groups is 1. The molecule has 0 saturated heterocycles. The zero-order valence-electron chi connectivity index (χ0n) is 20.2. The van der Waals surface area contributed by atoms with Crippen LogP contribution >= 0.6 is 0 Å². The van der Waals surface area contributed by atoms with E-state index < -0.39 is 0 Å². The first-order chi connectivity index (χ1) is 14.2. The number of unbranched alkanes of at least 4 members (excludes halogenated alkanes) is 14. The third-order valence-electron chi connectivity index (χ3n) is 5.88. The van der Waals surface area contributed by atoms with E-state index in [1.54, 1.807) is 0 Å². The fraction of sp³-hybridized carbons (Fsp3) is 0.962. The molecule has 0 saturated carbocycles. The molecule has 0 aliphatic heterocycles. The molecule has 0 radical (unpaired) electrons. The van der Waals surface area contributed by atoms with Gasteiger partial charge in [0.1, 0.15) is 0 Å². The van der Waals surface area contributed by atoms with E-state index in [0.717, 1.165) is 19.3 Å². The van der Waals surface area contributed by atoms with Gasteiger partial charge in [0.05, 0.1) is 12.7 Å². The SMILES string of the molecule is CCCCCCCCOC(=O)CCCCCCCC(CCCCCCCC)OC. The molecule has 0 aliphatic carbocycles. The first-order valence-corrected chi connectivity index (χ1v) is 12.9. The van der Waals surface area contributed by atoms with E-state index in [9.17, 15) is 4.79 Å². The van der Waals surface area contributed by atoms with Gasteiger partial charge in [-0.05, 0) is 25.7 Å². The third-order valence-corrected chi connectivity index (χ3v) is 5.88. The molecule has 0 amide bonds. The lowest BCUT2D eigenvalue weighted by Crippen LogP contribution is -2.10. The van der Waals surface area contributed by atoms with Gasteiger partial charge in [0.2, 0.25) is 0 Å². The molecule has 0 aromatic carbocycles. The normalized spacial score (nSPS) is 12.2. The first kappa shape index (κ1) is 28.4. The minimum Gasteiger partial charge on any atom is -0.466 e. The Labute approximate surface area is 182 Å². The van der Waals surface area contributed by atoms with Gasteiger partial charge in [-0.15, -0.1) is 0 Å². The molecule has 0 N–H and O–H groups in total. The van der Waals surface area contributed by atoms with Crippen LogP contribution in [0.3, 0.4) is 0 Å². The van der Waals surface area contributed by atoms with Gasteiger partial charge in [-0.1, -0.05) is 110 Å². The van der Waals surface area contributed by atoms with Crippen LogP contribution in [-0.4, -0.2) is 25.8 Å². The average molecular weight is 413 g/mol. The summed E-state index contributed by atoms with van der Waals surface area (Å²) in [6.45, 7) is 5.11. The highest BCUT2D eigenvalue weighted by Crippen LogP contribution is 2.16. The number of hydrogen-bond donors (Lipinski definition) is 0. The summed E-state index contributed by atoms with van der Waals surface area (Å²) < 4.78 is 11.0. The van der Waals surface area contributed by atoms with Gasteiger partial charge < -0.3 is 9.47 Å². The maximum Gasteiger partial charge on any atom is 0.305 e. The second kappa shape index (κ2) is 23.7. The molecule has 0 aromatic heterocycles. The number of ether oxygens (including phenoxy) is 2. The summed E-state index contributed by atoms with van der Waals surface area (Å²) in [6.07, 6.45) is 24.8. The summed E-state index contributed by atoms with van der Waals surface area (Å²) in [5.74, 6) is -0.00283. The van der Waals surface area contributed by atoms with Crippen LogP contribution in [0, 0.1) is 0 Å². The largest absolute Gasteiger partial charge is 0.466 e. The number of carbonyl (C=O) groups excluding carboxylic acids is 1. The molecule has 3 heteroatoms. The minimum absolute atomic E-state index is 0.00283. The van der Waals surface area contributed by atoms with E-state index in [0.29, 0.717) is 19.1 Å². The predicted octanol–water partition coefficient (Wildman–Crippen LogP) is 8.39. The Balaban J connectivity index is 3.37. The van der Waals surface area contributed by atoms with Crippen LogP contribution in [0.4, 0.5) is 0 Å². The van der Waals surface area contributed by atoms with Crippen molar-refractivity contribution in [3.63, 3.8) is 0 Å². The highest BCUT2D eigenvalue weighted by Gasteiger charge is 2.07. The molecule has 0 spiro atoms. The Morgan fingerprint density at radius 3 is 1.59 bits per heavy atom. The number of hydrogen-bond acceptors (Lipinski definition) is 3. The zero-order chi connectivity index (χ0) is 21.4.